The van der Waals surface area contributed by atoms with Gasteiger partial charge in [0.15, 0.2) is 0 Å². The van der Waals surface area contributed by atoms with Crippen molar-refractivity contribution in [2.45, 2.75) is 13.5 Å². The third kappa shape index (κ3) is 3.66. The average Bonchev–Trinajstić information content (AvgIpc) is 2.49. The molecule has 2 aromatic rings. The molecule has 0 aromatic heterocycles. The van der Waals surface area contributed by atoms with Crippen LogP contribution in [-0.4, -0.2) is 11.8 Å². The standard InChI is InChI=1S/C16H14F2N2O2/c1-10-5-2-3-6-11(10)9-19-15(21)16(22)20-14-12(17)7-4-8-13(14)18/h2-8H,9H2,1H3,(H,19,21)(H,20,22). The second-order valence-corrected chi connectivity index (χ2v) is 4.66. The van der Waals surface area contributed by atoms with Crippen molar-refractivity contribution in [1.82, 2.24) is 5.32 Å². The summed E-state index contributed by atoms with van der Waals surface area (Å²) in [5.41, 5.74) is 1.17. The molecule has 0 bridgehead atoms. The van der Waals surface area contributed by atoms with Crippen molar-refractivity contribution in [2.24, 2.45) is 0 Å². The number of hydrogen-bond donors (Lipinski definition) is 2. The Hall–Kier alpha value is -2.76. The lowest BCUT2D eigenvalue weighted by Gasteiger charge is -2.09. The summed E-state index contributed by atoms with van der Waals surface area (Å²) < 4.78 is 26.8. The van der Waals surface area contributed by atoms with E-state index in [2.05, 4.69) is 5.32 Å². The molecule has 0 unspecified atom stereocenters. The van der Waals surface area contributed by atoms with E-state index in [-0.39, 0.29) is 6.54 Å². The minimum absolute atomic E-state index is 0.151. The van der Waals surface area contributed by atoms with E-state index in [0.29, 0.717) is 0 Å². The van der Waals surface area contributed by atoms with Gasteiger partial charge in [-0.2, -0.15) is 0 Å². The van der Waals surface area contributed by atoms with Crippen LogP contribution in [0.2, 0.25) is 0 Å². The Morgan fingerprint density at radius 3 is 2.23 bits per heavy atom. The Morgan fingerprint density at radius 2 is 1.59 bits per heavy atom. The molecule has 0 radical (unpaired) electrons. The van der Waals surface area contributed by atoms with Gasteiger partial charge in [-0.15, -0.1) is 0 Å². The first-order valence-electron chi connectivity index (χ1n) is 6.56. The fourth-order valence-electron chi connectivity index (χ4n) is 1.85. The van der Waals surface area contributed by atoms with Gasteiger partial charge in [0.2, 0.25) is 0 Å². The molecule has 0 atom stereocenters. The van der Waals surface area contributed by atoms with Crippen LogP contribution >= 0.6 is 0 Å². The lowest BCUT2D eigenvalue weighted by molar-refractivity contribution is -0.136. The molecule has 2 aromatic carbocycles. The van der Waals surface area contributed by atoms with Gasteiger partial charge in [-0.1, -0.05) is 30.3 Å². The number of carbonyl (C=O) groups excluding carboxylic acids is 2. The molecule has 4 nitrogen and oxygen atoms in total. The molecule has 22 heavy (non-hydrogen) atoms. The molecule has 0 aliphatic carbocycles. The van der Waals surface area contributed by atoms with E-state index in [4.69, 9.17) is 0 Å². The minimum atomic E-state index is -1.13. The quantitative estimate of drug-likeness (QED) is 0.856. The summed E-state index contributed by atoms with van der Waals surface area (Å²) in [7, 11) is 0. The molecular formula is C16H14F2N2O2. The highest BCUT2D eigenvalue weighted by Gasteiger charge is 2.18. The number of carbonyl (C=O) groups is 2. The van der Waals surface area contributed by atoms with Gasteiger partial charge in [-0.05, 0) is 30.2 Å². The zero-order valence-corrected chi connectivity index (χ0v) is 11.8. The van der Waals surface area contributed by atoms with E-state index in [9.17, 15) is 18.4 Å². The number of anilines is 1. The van der Waals surface area contributed by atoms with Crippen LogP contribution in [0.25, 0.3) is 0 Å². The maximum absolute atomic E-state index is 13.4. The van der Waals surface area contributed by atoms with Gasteiger partial charge < -0.3 is 10.6 Å². The fraction of sp³-hybridized carbons (Fsp3) is 0.125. The summed E-state index contributed by atoms with van der Waals surface area (Å²) in [6, 6.07) is 10.5. The van der Waals surface area contributed by atoms with Gasteiger partial charge in [0.05, 0.1) is 0 Å². The van der Waals surface area contributed by atoms with E-state index in [1.54, 1.807) is 0 Å². The first kappa shape index (κ1) is 15.6. The molecular weight excluding hydrogens is 290 g/mol. The van der Waals surface area contributed by atoms with Crippen LogP contribution in [-0.2, 0) is 16.1 Å². The van der Waals surface area contributed by atoms with Crippen molar-refractivity contribution in [3.8, 4) is 0 Å². The molecule has 0 fully saturated rings. The van der Waals surface area contributed by atoms with E-state index in [1.807, 2.05) is 36.5 Å². The number of para-hydroxylation sites is 1. The maximum Gasteiger partial charge on any atom is 0.313 e. The Morgan fingerprint density at radius 1 is 0.955 bits per heavy atom. The SMILES string of the molecule is Cc1ccccc1CNC(=O)C(=O)Nc1c(F)cccc1F. The Labute approximate surface area is 126 Å². The van der Waals surface area contributed by atoms with Crippen LogP contribution in [0.5, 0.6) is 0 Å². The number of amides is 2. The van der Waals surface area contributed by atoms with Gasteiger partial charge in [0.25, 0.3) is 0 Å². The van der Waals surface area contributed by atoms with Crippen molar-refractivity contribution >= 4 is 17.5 Å². The number of nitrogens with one attached hydrogen (secondary N) is 2. The van der Waals surface area contributed by atoms with E-state index in [0.717, 1.165) is 23.3 Å². The normalized spacial score (nSPS) is 10.1. The Balaban J connectivity index is 1.98. The molecule has 6 heteroatoms. The van der Waals surface area contributed by atoms with Gasteiger partial charge in [0, 0.05) is 6.54 Å². The summed E-state index contributed by atoms with van der Waals surface area (Å²) in [5.74, 6) is -3.98. The smallest absolute Gasteiger partial charge is 0.313 e. The highest BCUT2D eigenvalue weighted by atomic mass is 19.1. The van der Waals surface area contributed by atoms with Crippen LogP contribution in [0.1, 0.15) is 11.1 Å². The van der Waals surface area contributed by atoms with Crippen molar-refractivity contribution in [3.05, 3.63) is 65.2 Å². The number of aryl methyl sites for hydroxylation is 1. The number of rotatable bonds is 3. The zero-order chi connectivity index (χ0) is 16.1. The Bertz CT molecular complexity index is 697. The van der Waals surface area contributed by atoms with Gasteiger partial charge in [-0.25, -0.2) is 8.78 Å². The second-order valence-electron chi connectivity index (χ2n) is 4.66. The van der Waals surface area contributed by atoms with Crippen molar-refractivity contribution in [3.63, 3.8) is 0 Å². The van der Waals surface area contributed by atoms with E-state index in [1.165, 1.54) is 6.07 Å². The average molecular weight is 304 g/mol. The number of halogens is 2. The topological polar surface area (TPSA) is 58.2 Å². The largest absolute Gasteiger partial charge is 0.344 e. The summed E-state index contributed by atoms with van der Waals surface area (Å²) >= 11 is 0. The first-order chi connectivity index (χ1) is 10.5. The molecule has 0 saturated carbocycles. The van der Waals surface area contributed by atoms with Crippen LogP contribution in [0, 0.1) is 18.6 Å². The van der Waals surface area contributed by atoms with Crippen LogP contribution in [0.4, 0.5) is 14.5 Å². The van der Waals surface area contributed by atoms with Crippen LogP contribution in [0.15, 0.2) is 42.5 Å². The second kappa shape index (κ2) is 6.80. The molecule has 0 aliphatic rings. The van der Waals surface area contributed by atoms with Crippen molar-refractivity contribution < 1.29 is 18.4 Å². The minimum Gasteiger partial charge on any atom is -0.344 e. The highest BCUT2D eigenvalue weighted by molar-refractivity contribution is 6.39. The third-order valence-electron chi connectivity index (χ3n) is 3.11. The maximum atomic E-state index is 13.4. The van der Waals surface area contributed by atoms with E-state index < -0.39 is 29.1 Å². The lowest BCUT2D eigenvalue weighted by Crippen LogP contribution is -2.35. The molecule has 0 aliphatic heterocycles. The molecule has 0 heterocycles. The molecule has 0 spiro atoms. The number of benzene rings is 2. The summed E-state index contributed by atoms with van der Waals surface area (Å²) in [5, 5.41) is 4.33. The van der Waals surface area contributed by atoms with Gasteiger partial charge in [-0.3, -0.25) is 9.59 Å². The van der Waals surface area contributed by atoms with Crippen molar-refractivity contribution in [1.29, 1.82) is 0 Å². The molecule has 2 N–H and O–H groups in total. The predicted molar refractivity (Wildman–Crippen MR) is 78.0 cm³/mol. The zero-order valence-electron chi connectivity index (χ0n) is 11.8. The molecule has 0 saturated heterocycles. The first-order valence-corrected chi connectivity index (χ1v) is 6.56. The summed E-state index contributed by atoms with van der Waals surface area (Å²) in [6.07, 6.45) is 0. The van der Waals surface area contributed by atoms with Crippen LogP contribution < -0.4 is 10.6 Å². The van der Waals surface area contributed by atoms with E-state index >= 15 is 0 Å². The lowest BCUT2D eigenvalue weighted by atomic mass is 10.1. The van der Waals surface area contributed by atoms with Gasteiger partial charge >= 0.3 is 11.8 Å². The Kier molecular flexibility index (Phi) is 4.83. The molecule has 2 amide bonds. The highest BCUT2D eigenvalue weighted by Crippen LogP contribution is 2.17. The van der Waals surface area contributed by atoms with Gasteiger partial charge in [0.1, 0.15) is 17.3 Å². The van der Waals surface area contributed by atoms with Crippen LogP contribution in [0.3, 0.4) is 0 Å². The fourth-order valence-corrected chi connectivity index (χ4v) is 1.85. The monoisotopic (exact) mass is 304 g/mol. The number of hydrogen-bond acceptors (Lipinski definition) is 2. The predicted octanol–water partition coefficient (Wildman–Crippen LogP) is 2.53. The summed E-state index contributed by atoms with van der Waals surface area (Å²) in [4.78, 5) is 23.4. The third-order valence-corrected chi connectivity index (χ3v) is 3.11. The molecule has 114 valence electrons. The summed E-state index contributed by atoms with van der Waals surface area (Å²) in [6.45, 7) is 2.02. The van der Waals surface area contributed by atoms with Crippen molar-refractivity contribution in [2.75, 3.05) is 5.32 Å². The molecule has 2 rings (SSSR count).